The molecule has 0 aliphatic heterocycles. The van der Waals surface area contributed by atoms with Crippen LogP contribution >= 0.6 is 0 Å². The second kappa shape index (κ2) is 8.80. The van der Waals surface area contributed by atoms with Gasteiger partial charge in [0.05, 0.1) is 0 Å². The van der Waals surface area contributed by atoms with E-state index in [1.54, 1.807) is 13.1 Å². The van der Waals surface area contributed by atoms with Crippen molar-refractivity contribution in [3.63, 3.8) is 0 Å². The van der Waals surface area contributed by atoms with Gasteiger partial charge in [-0.1, -0.05) is 38.5 Å². The third-order valence-electron chi connectivity index (χ3n) is 2.63. The van der Waals surface area contributed by atoms with Crippen molar-refractivity contribution < 1.29 is 4.79 Å². The SMILES string of the molecule is CC.CC/C(=C\C(=O)NC)C1=CC(C)=CCC1. The van der Waals surface area contributed by atoms with E-state index in [0.717, 1.165) is 24.8 Å². The fourth-order valence-corrected chi connectivity index (χ4v) is 1.77. The minimum absolute atomic E-state index is 0.0139. The second-order valence-corrected chi connectivity index (χ2v) is 3.79. The average molecular weight is 235 g/mol. The fourth-order valence-electron chi connectivity index (χ4n) is 1.77. The summed E-state index contributed by atoms with van der Waals surface area (Å²) >= 11 is 0. The molecule has 1 aliphatic carbocycles. The summed E-state index contributed by atoms with van der Waals surface area (Å²) in [6.07, 6.45) is 9.17. The molecule has 0 unspecified atom stereocenters. The number of likely N-dealkylation sites (N-methyl/N-ethyl adjacent to an activating group) is 1. The van der Waals surface area contributed by atoms with Crippen molar-refractivity contribution >= 4 is 5.91 Å². The average Bonchev–Trinajstić information content (AvgIpc) is 2.38. The Morgan fingerprint density at radius 1 is 1.47 bits per heavy atom. The number of amides is 1. The van der Waals surface area contributed by atoms with E-state index in [9.17, 15) is 4.79 Å². The molecule has 2 heteroatoms. The van der Waals surface area contributed by atoms with E-state index >= 15 is 0 Å². The molecule has 0 saturated heterocycles. The lowest BCUT2D eigenvalue weighted by atomic mass is 9.92. The number of hydrogen-bond donors (Lipinski definition) is 1. The lowest BCUT2D eigenvalue weighted by molar-refractivity contribution is -0.116. The summed E-state index contributed by atoms with van der Waals surface area (Å²) in [4.78, 5) is 11.3. The molecule has 0 aromatic heterocycles. The topological polar surface area (TPSA) is 29.1 Å². The molecule has 1 N–H and O–H groups in total. The monoisotopic (exact) mass is 235 g/mol. The highest BCUT2D eigenvalue weighted by Crippen LogP contribution is 2.25. The molecule has 2 nitrogen and oxygen atoms in total. The highest BCUT2D eigenvalue weighted by Gasteiger charge is 2.08. The Hall–Kier alpha value is -1.31. The first-order chi connectivity index (χ1) is 8.17. The van der Waals surface area contributed by atoms with Crippen LogP contribution in [0.1, 0.15) is 47.0 Å². The highest BCUT2D eigenvalue weighted by molar-refractivity contribution is 5.88. The van der Waals surface area contributed by atoms with Crippen molar-refractivity contribution in [2.75, 3.05) is 7.05 Å². The van der Waals surface area contributed by atoms with Crippen molar-refractivity contribution in [1.82, 2.24) is 5.32 Å². The molecule has 0 heterocycles. The van der Waals surface area contributed by atoms with Crippen LogP contribution in [0.2, 0.25) is 0 Å². The normalized spacial score (nSPS) is 15.2. The van der Waals surface area contributed by atoms with E-state index in [1.807, 2.05) is 13.8 Å². The van der Waals surface area contributed by atoms with E-state index in [2.05, 4.69) is 31.3 Å². The molecule has 0 spiro atoms. The number of nitrogens with one attached hydrogen (secondary N) is 1. The van der Waals surface area contributed by atoms with Crippen molar-refractivity contribution in [1.29, 1.82) is 0 Å². The Kier molecular flexibility index (Phi) is 8.12. The fraction of sp³-hybridized carbons (Fsp3) is 0.533. The molecule has 0 aromatic carbocycles. The van der Waals surface area contributed by atoms with Crippen molar-refractivity contribution in [2.45, 2.75) is 47.0 Å². The molecule has 17 heavy (non-hydrogen) atoms. The van der Waals surface area contributed by atoms with Crippen LogP contribution in [0.5, 0.6) is 0 Å². The Balaban J connectivity index is 0.00000121. The zero-order valence-corrected chi connectivity index (χ0v) is 11.8. The van der Waals surface area contributed by atoms with Crippen LogP contribution < -0.4 is 5.32 Å². The molecule has 1 amide bonds. The van der Waals surface area contributed by atoms with Crippen LogP contribution in [0.4, 0.5) is 0 Å². The quantitative estimate of drug-likeness (QED) is 0.741. The molecule has 96 valence electrons. The van der Waals surface area contributed by atoms with Crippen LogP contribution in [0.25, 0.3) is 0 Å². The number of allylic oxidation sites excluding steroid dienone is 5. The molecular weight excluding hydrogens is 210 g/mol. The maximum atomic E-state index is 11.3. The summed E-state index contributed by atoms with van der Waals surface area (Å²) in [6.45, 7) is 8.19. The maximum Gasteiger partial charge on any atom is 0.244 e. The second-order valence-electron chi connectivity index (χ2n) is 3.79. The third kappa shape index (κ3) is 5.53. The van der Waals surface area contributed by atoms with Crippen LogP contribution in [0.3, 0.4) is 0 Å². The van der Waals surface area contributed by atoms with Gasteiger partial charge in [-0.3, -0.25) is 4.79 Å². The summed E-state index contributed by atoms with van der Waals surface area (Å²) in [5.74, 6) is -0.0139. The Labute approximate surface area is 105 Å². The molecule has 0 atom stereocenters. The van der Waals surface area contributed by atoms with Gasteiger partial charge in [-0.25, -0.2) is 0 Å². The first kappa shape index (κ1) is 15.7. The highest BCUT2D eigenvalue weighted by atomic mass is 16.1. The summed E-state index contributed by atoms with van der Waals surface area (Å²) in [5.41, 5.74) is 3.76. The molecule has 1 rings (SSSR count). The lowest BCUT2D eigenvalue weighted by Crippen LogP contribution is -2.15. The molecule has 1 aliphatic rings. The first-order valence-electron chi connectivity index (χ1n) is 6.47. The summed E-state index contributed by atoms with van der Waals surface area (Å²) in [6, 6.07) is 0. The van der Waals surface area contributed by atoms with Crippen LogP contribution in [-0.2, 0) is 4.79 Å². The number of rotatable bonds is 3. The van der Waals surface area contributed by atoms with Gasteiger partial charge in [0, 0.05) is 13.1 Å². The predicted octanol–water partition coefficient (Wildman–Crippen LogP) is 3.76. The largest absolute Gasteiger partial charge is 0.356 e. The van der Waals surface area contributed by atoms with Gasteiger partial charge >= 0.3 is 0 Å². The smallest absolute Gasteiger partial charge is 0.244 e. The van der Waals surface area contributed by atoms with E-state index < -0.39 is 0 Å². The standard InChI is InChI=1S/C13H19NO.C2H6/c1-4-11(9-13(15)14-3)12-7-5-6-10(2)8-12;1-2/h6,8-9H,4-5,7H2,1-3H3,(H,14,15);1-2H3/b11-9+;. The van der Waals surface area contributed by atoms with Gasteiger partial charge in [0.2, 0.25) is 5.91 Å². The van der Waals surface area contributed by atoms with Gasteiger partial charge in [-0.05, 0) is 37.3 Å². The van der Waals surface area contributed by atoms with Gasteiger partial charge in [0.15, 0.2) is 0 Å². The maximum absolute atomic E-state index is 11.3. The van der Waals surface area contributed by atoms with E-state index in [0.29, 0.717) is 0 Å². The van der Waals surface area contributed by atoms with Crippen molar-refractivity contribution in [3.8, 4) is 0 Å². The minimum atomic E-state index is -0.0139. The minimum Gasteiger partial charge on any atom is -0.356 e. The lowest BCUT2D eigenvalue weighted by Gasteiger charge is -2.14. The Morgan fingerprint density at radius 2 is 2.12 bits per heavy atom. The van der Waals surface area contributed by atoms with E-state index in [1.165, 1.54) is 11.1 Å². The van der Waals surface area contributed by atoms with Crippen LogP contribution in [0.15, 0.2) is 34.9 Å². The van der Waals surface area contributed by atoms with Crippen LogP contribution in [0, 0.1) is 0 Å². The summed E-state index contributed by atoms with van der Waals surface area (Å²) in [5, 5.41) is 2.62. The molecule has 0 bridgehead atoms. The Bertz CT molecular complexity index is 335. The van der Waals surface area contributed by atoms with Crippen LogP contribution in [-0.4, -0.2) is 13.0 Å². The number of carbonyl (C=O) groups is 1. The molecule has 0 fully saturated rings. The van der Waals surface area contributed by atoms with Gasteiger partial charge in [0.25, 0.3) is 0 Å². The number of hydrogen-bond acceptors (Lipinski definition) is 1. The van der Waals surface area contributed by atoms with Gasteiger partial charge in [-0.2, -0.15) is 0 Å². The van der Waals surface area contributed by atoms with Gasteiger partial charge < -0.3 is 5.32 Å². The van der Waals surface area contributed by atoms with Crippen molar-refractivity contribution in [3.05, 3.63) is 34.9 Å². The van der Waals surface area contributed by atoms with Crippen molar-refractivity contribution in [2.24, 2.45) is 0 Å². The van der Waals surface area contributed by atoms with Gasteiger partial charge in [0.1, 0.15) is 0 Å². The zero-order chi connectivity index (χ0) is 13.3. The number of carbonyl (C=O) groups excluding carboxylic acids is 1. The molecule has 0 saturated carbocycles. The summed E-state index contributed by atoms with van der Waals surface area (Å²) in [7, 11) is 1.66. The van der Waals surface area contributed by atoms with E-state index in [4.69, 9.17) is 0 Å². The first-order valence-corrected chi connectivity index (χ1v) is 6.47. The molecular formula is C15H25NO. The zero-order valence-electron chi connectivity index (χ0n) is 11.8. The summed E-state index contributed by atoms with van der Waals surface area (Å²) < 4.78 is 0. The van der Waals surface area contributed by atoms with Gasteiger partial charge in [-0.15, -0.1) is 0 Å². The Morgan fingerprint density at radius 3 is 2.59 bits per heavy atom. The van der Waals surface area contributed by atoms with E-state index in [-0.39, 0.29) is 5.91 Å². The predicted molar refractivity (Wildman–Crippen MR) is 74.9 cm³/mol. The molecule has 0 aromatic rings. The molecule has 0 radical (unpaired) electrons. The third-order valence-corrected chi connectivity index (χ3v) is 2.63.